The molecule has 0 aromatic heterocycles. The van der Waals surface area contributed by atoms with Gasteiger partial charge in [0.15, 0.2) is 0 Å². The average Bonchev–Trinajstić information content (AvgIpc) is 3.76. The predicted octanol–water partition coefficient (Wildman–Crippen LogP) is 18.1. The summed E-state index contributed by atoms with van der Waals surface area (Å²) in [5.41, 5.74) is 26.3. The molecule has 0 saturated carbocycles. The highest BCUT2D eigenvalue weighted by Crippen LogP contribution is 2.53. The second-order valence-electron chi connectivity index (χ2n) is 19.3. The molecule has 0 aliphatic heterocycles. The average molecular weight is 858 g/mol. The minimum Gasteiger partial charge on any atom is -0.311 e. The molecule has 0 bridgehead atoms. The van der Waals surface area contributed by atoms with Gasteiger partial charge in [-0.05, 0) is 143 Å². The number of hydrogen-bond acceptors (Lipinski definition) is 1. The van der Waals surface area contributed by atoms with E-state index in [9.17, 15) is 0 Å². The molecular formula is C66H51N. The molecule has 0 atom stereocenters. The molecule has 320 valence electrons. The van der Waals surface area contributed by atoms with Crippen LogP contribution in [0.25, 0.3) is 77.9 Å². The van der Waals surface area contributed by atoms with E-state index in [2.05, 4.69) is 269 Å². The quantitative estimate of drug-likeness (QED) is 0.147. The zero-order valence-electron chi connectivity index (χ0n) is 38.5. The van der Waals surface area contributed by atoms with Gasteiger partial charge in [-0.25, -0.2) is 0 Å². The molecule has 2 aliphatic rings. The molecule has 0 amide bonds. The molecule has 1 nitrogen and oxygen atoms in total. The number of hydrogen-bond donors (Lipinski definition) is 0. The maximum absolute atomic E-state index is 2.41. The standard InChI is InChI=1S/C66H51N/c1-65(2)61-23-12-10-19-57(61)59-42-35-50(43-63(59)65)46-29-36-51(37-30-46)67(53-40-33-49(34-41-53)56-21-14-22-60-58-20-11-13-24-62(58)66(3,4)64(56)60)52-38-31-48(32-39-52)55-18-9-8-17-54(55)47-27-25-45(26-28-47)44-15-6-5-7-16-44/h5-43H,1-4H3. The first kappa shape index (κ1) is 40.5. The van der Waals surface area contributed by atoms with Crippen LogP contribution < -0.4 is 4.90 Å². The van der Waals surface area contributed by atoms with Gasteiger partial charge in [-0.2, -0.15) is 0 Å². The first-order valence-corrected chi connectivity index (χ1v) is 23.6. The van der Waals surface area contributed by atoms with E-state index in [1.54, 1.807) is 0 Å². The van der Waals surface area contributed by atoms with Crippen molar-refractivity contribution in [2.45, 2.75) is 38.5 Å². The van der Waals surface area contributed by atoms with Crippen LogP contribution in [0.1, 0.15) is 49.9 Å². The number of anilines is 3. The molecule has 1 heteroatoms. The number of nitrogens with zero attached hydrogens (tertiary/aromatic N) is 1. The van der Waals surface area contributed by atoms with E-state index < -0.39 is 0 Å². The Bertz CT molecular complexity index is 3460. The highest BCUT2D eigenvalue weighted by atomic mass is 15.1. The Kier molecular flexibility index (Phi) is 9.59. The van der Waals surface area contributed by atoms with Gasteiger partial charge in [-0.15, -0.1) is 0 Å². The number of fused-ring (bicyclic) bond motifs is 6. The zero-order valence-corrected chi connectivity index (χ0v) is 38.5. The van der Waals surface area contributed by atoms with Gasteiger partial charge in [0.25, 0.3) is 0 Å². The Morgan fingerprint density at radius 1 is 0.239 bits per heavy atom. The van der Waals surface area contributed by atoms with Gasteiger partial charge in [0, 0.05) is 27.9 Å². The number of rotatable bonds is 8. The lowest BCUT2D eigenvalue weighted by Crippen LogP contribution is -2.16. The van der Waals surface area contributed by atoms with Crippen LogP contribution in [0.4, 0.5) is 17.1 Å². The van der Waals surface area contributed by atoms with Crippen LogP contribution in [0, 0.1) is 0 Å². The van der Waals surface area contributed by atoms with Gasteiger partial charge < -0.3 is 4.90 Å². The zero-order chi connectivity index (χ0) is 45.3. The third-order valence-corrected chi connectivity index (χ3v) is 14.7. The normalized spacial score (nSPS) is 13.6. The van der Waals surface area contributed by atoms with E-state index in [1.165, 1.54) is 100 Å². The monoisotopic (exact) mass is 857 g/mol. The third-order valence-electron chi connectivity index (χ3n) is 14.7. The Balaban J connectivity index is 0.910. The minimum atomic E-state index is -0.0977. The summed E-state index contributed by atoms with van der Waals surface area (Å²) >= 11 is 0. The Hall–Kier alpha value is -8.00. The van der Waals surface area contributed by atoms with Gasteiger partial charge >= 0.3 is 0 Å². The SMILES string of the molecule is CC1(C)c2ccccc2-c2ccc(-c3ccc(N(c4ccc(-c5ccccc5-c5ccc(-c6ccccc6)cc5)cc4)c4ccc(-c5cccc6c5C(C)(C)c5ccccc5-6)cc4)cc3)cc21. The summed E-state index contributed by atoms with van der Waals surface area (Å²) in [7, 11) is 0. The highest BCUT2D eigenvalue weighted by molar-refractivity contribution is 5.90. The van der Waals surface area contributed by atoms with Gasteiger partial charge in [-0.1, -0.05) is 222 Å². The number of benzene rings is 10. The molecule has 12 rings (SSSR count). The summed E-state index contributed by atoms with van der Waals surface area (Å²) in [6.07, 6.45) is 0. The first-order chi connectivity index (χ1) is 32.7. The van der Waals surface area contributed by atoms with Crippen molar-refractivity contribution in [3.63, 3.8) is 0 Å². The molecule has 0 unspecified atom stereocenters. The summed E-state index contributed by atoms with van der Waals surface area (Å²) < 4.78 is 0. The third kappa shape index (κ3) is 6.76. The van der Waals surface area contributed by atoms with Crippen LogP contribution in [0.3, 0.4) is 0 Å². The van der Waals surface area contributed by atoms with Crippen LogP contribution in [-0.2, 0) is 10.8 Å². The van der Waals surface area contributed by atoms with Gasteiger partial charge in [0.1, 0.15) is 0 Å². The lowest BCUT2D eigenvalue weighted by molar-refractivity contribution is 0.660. The molecule has 10 aromatic carbocycles. The molecule has 2 aliphatic carbocycles. The van der Waals surface area contributed by atoms with E-state index in [0.29, 0.717) is 0 Å². The molecule has 0 radical (unpaired) electrons. The van der Waals surface area contributed by atoms with Crippen molar-refractivity contribution < 1.29 is 0 Å². The van der Waals surface area contributed by atoms with Gasteiger partial charge in [0.2, 0.25) is 0 Å². The first-order valence-electron chi connectivity index (χ1n) is 23.6. The maximum atomic E-state index is 2.41. The van der Waals surface area contributed by atoms with E-state index in [4.69, 9.17) is 0 Å². The largest absolute Gasteiger partial charge is 0.311 e. The van der Waals surface area contributed by atoms with Gasteiger partial charge in [-0.3, -0.25) is 0 Å². The minimum absolute atomic E-state index is 0.0515. The van der Waals surface area contributed by atoms with E-state index in [-0.39, 0.29) is 10.8 Å². The smallest absolute Gasteiger partial charge is 0.0462 e. The predicted molar refractivity (Wildman–Crippen MR) is 283 cm³/mol. The molecule has 0 heterocycles. The van der Waals surface area contributed by atoms with E-state index in [0.717, 1.165) is 17.1 Å². The summed E-state index contributed by atoms with van der Waals surface area (Å²) in [5.74, 6) is 0. The Morgan fingerprint density at radius 3 is 1.18 bits per heavy atom. The molecule has 0 N–H and O–H groups in total. The van der Waals surface area contributed by atoms with Crippen LogP contribution in [0.15, 0.2) is 237 Å². The Morgan fingerprint density at radius 2 is 0.597 bits per heavy atom. The van der Waals surface area contributed by atoms with Crippen molar-refractivity contribution in [1.29, 1.82) is 0 Å². The second kappa shape index (κ2) is 15.9. The summed E-state index contributed by atoms with van der Waals surface area (Å²) in [4.78, 5) is 2.39. The highest BCUT2D eigenvalue weighted by Gasteiger charge is 2.38. The van der Waals surface area contributed by atoms with Crippen LogP contribution in [0.5, 0.6) is 0 Å². The lowest BCUT2D eigenvalue weighted by atomic mass is 9.79. The van der Waals surface area contributed by atoms with Crippen molar-refractivity contribution in [1.82, 2.24) is 0 Å². The van der Waals surface area contributed by atoms with E-state index >= 15 is 0 Å². The summed E-state index contributed by atoms with van der Waals surface area (Å²) in [6, 6.07) is 87.3. The molecule has 10 aromatic rings. The molecule has 67 heavy (non-hydrogen) atoms. The molecule has 0 fully saturated rings. The second-order valence-corrected chi connectivity index (χ2v) is 19.3. The molecule has 0 spiro atoms. The van der Waals surface area contributed by atoms with Crippen molar-refractivity contribution in [3.8, 4) is 77.9 Å². The lowest BCUT2D eigenvalue weighted by Gasteiger charge is -2.27. The van der Waals surface area contributed by atoms with Crippen molar-refractivity contribution >= 4 is 17.1 Å². The fourth-order valence-corrected chi connectivity index (χ4v) is 11.3. The van der Waals surface area contributed by atoms with Crippen LogP contribution in [0.2, 0.25) is 0 Å². The van der Waals surface area contributed by atoms with Crippen LogP contribution >= 0.6 is 0 Å². The topological polar surface area (TPSA) is 3.24 Å². The fourth-order valence-electron chi connectivity index (χ4n) is 11.3. The summed E-state index contributed by atoms with van der Waals surface area (Å²) in [6.45, 7) is 9.44. The van der Waals surface area contributed by atoms with Gasteiger partial charge in [0.05, 0.1) is 0 Å². The molecule has 0 saturated heterocycles. The van der Waals surface area contributed by atoms with Crippen LogP contribution in [-0.4, -0.2) is 0 Å². The molecular weight excluding hydrogens is 807 g/mol. The van der Waals surface area contributed by atoms with E-state index in [1.807, 2.05) is 0 Å². The van der Waals surface area contributed by atoms with Crippen molar-refractivity contribution in [3.05, 3.63) is 259 Å². The van der Waals surface area contributed by atoms with Crippen molar-refractivity contribution in [2.75, 3.05) is 4.90 Å². The summed E-state index contributed by atoms with van der Waals surface area (Å²) in [5, 5.41) is 0. The maximum Gasteiger partial charge on any atom is 0.0462 e. The Labute approximate surface area is 395 Å². The van der Waals surface area contributed by atoms with Crippen molar-refractivity contribution in [2.24, 2.45) is 0 Å². The fraction of sp³-hybridized carbons (Fsp3) is 0.0909.